The minimum atomic E-state index is -0.654. The van der Waals surface area contributed by atoms with Crippen LogP contribution in [0.15, 0.2) is 12.3 Å². The first-order valence-electron chi connectivity index (χ1n) is 7.87. The third kappa shape index (κ3) is 4.84. The van der Waals surface area contributed by atoms with Crippen molar-refractivity contribution >= 4 is 5.97 Å². The van der Waals surface area contributed by atoms with Gasteiger partial charge in [0.05, 0.1) is 11.7 Å². The van der Waals surface area contributed by atoms with E-state index in [1.165, 1.54) is 32.1 Å². The van der Waals surface area contributed by atoms with E-state index in [9.17, 15) is 4.79 Å². The normalized spacial score (nSPS) is 18.5. The highest BCUT2D eigenvalue weighted by Gasteiger charge is 2.23. The summed E-state index contributed by atoms with van der Waals surface area (Å²) in [4.78, 5) is 11.9. The molecule has 5 nitrogen and oxygen atoms in total. The highest BCUT2D eigenvalue weighted by molar-refractivity contribution is 5.76. The lowest BCUT2D eigenvalue weighted by Crippen LogP contribution is -2.38. The highest BCUT2D eigenvalue weighted by atomic mass is 16.6. The lowest BCUT2D eigenvalue weighted by atomic mass is 9.96. The molecule has 0 radical (unpaired) electrons. The van der Waals surface area contributed by atoms with Crippen LogP contribution in [0.1, 0.15) is 64.6 Å². The third-order valence-corrected chi connectivity index (χ3v) is 3.75. The number of carbonyl (C=O) groups is 1. The summed E-state index contributed by atoms with van der Waals surface area (Å²) in [7, 11) is 0. The van der Waals surface area contributed by atoms with Crippen molar-refractivity contribution in [3.8, 4) is 0 Å². The quantitative estimate of drug-likeness (QED) is 0.866. The van der Waals surface area contributed by atoms with Crippen LogP contribution in [0.3, 0.4) is 0 Å². The van der Waals surface area contributed by atoms with Gasteiger partial charge in [0, 0.05) is 12.6 Å². The maximum atomic E-state index is 11.9. The van der Waals surface area contributed by atoms with Crippen molar-refractivity contribution in [2.75, 3.05) is 0 Å². The molecular weight excluding hydrogens is 266 g/mol. The molecule has 2 N–H and O–H groups in total. The Kier molecular flexibility index (Phi) is 5.04. The Morgan fingerprint density at radius 3 is 2.71 bits per heavy atom. The Bertz CT molecular complexity index is 470. The summed E-state index contributed by atoms with van der Waals surface area (Å²) < 4.78 is 7.33. The fourth-order valence-corrected chi connectivity index (χ4v) is 2.72. The van der Waals surface area contributed by atoms with Gasteiger partial charge in [-0.15, -0.1) is 0 Å². The van der Waals surface area contributed by atoms with Gasteiger partial charge in [-0.2, -0.15) is 5.10 Å². The molecule has 1 aliphatic carbocycles. The predicted octanol–water partition coefficient (Wildman–Crippen LogP) is 2.60. The van der Waals surface area contributed by atoms with Crippen molar-refractivity contribution in [1.29, 1.82) is 0 Å². The summed E-state index contributed by atoms with van der Waals surface area (Å²) in [5.41, 5.74) is 6.28. The zero-order valence-corrected chi connectivity index (χ0v) is 13.3. The fraction of sp³-hybridized carbons (Fsp3) is 0.750. The number of carbonyl (C=O) groups excluding carboxylic acids is 1. The van der Waals surface area contributed by atoms with E-state index in [1.807, 2.05) is 37.7 Å². The standard InChI is InChI=1S/C16H27N3O2/c1-16(2,3)21-15(20)14(17)11-12-9-10-19(18-12)13-7-5-4-6-8-13/h9-10,13-14H,4-8,11,17H2,1-3H3. The van der Waals surface area contributed by atoms with Gasteiger partial charge >= 0.3 is 5.97 Å². The number of nitrogens with zero attached hydrogens (tertiary/aromatic N) is 2. The Morgan fingerprint density at radius 2 is 2.10 bits per heavy atom. The topological polar surface area (TPSA) is 70.1 Å². The van der Waals surface area contributed by atoms with Crippen LogP contribution in [0.25, 0.3) is 0 Å². The molecule has 1 atom stereocenters. The van der Waals surface area contributed by atoms with Gasteiger partial charge < -0.3 is 10.5 Å². The SMILES string of the molecule is CC(C)(C)OC(=O)C(N)Cc1ccn(C2CCCCC2)n1. The van der Waals surface area contributed by atoms with Crippen LogP contribution in [-0.4, -0.2) is 27.4 Å². The maximum Gasteiger partial charge on any atom is 0.323 e. The number of esters is 1. The molecule has 1 unspecified atom stereocenters. The van der Waals surface area contributed by atoms with Crippen molar-refractivity contribution in [3.63, 3.8) is 0 Å². The molecule has 0 spiro atoms. The van der Waals surface area contributed by atoms with E-state index in [0.717, 1.165) is 5.69 Å². The number of nitrogens with two attached hydrogens (primary N) is 1. The molecule has 0 saturated heterocycles. The molecule has 1 aliphatic rings. The van der Waals surface area contributed by atoms with Gasteiger partial charge in [0.1, 0.15) is 11.6 Å². The molecule has 118 valence electrons. The molecule has 2 rings (SSSR count). The Hall–Kier alpha value is -1.36. The predicted molar refractivity (Wildman–Crippen MR) is 81.9 cm³/mol. The molecule has 0 aliphatic heterocycles. The van der Waals surface area contributed by atoms with Crippen LogP contribution in [0.4, 0.5) is 0 Å². The van der Waals surface area contributed by atoms with E-state index in [1.54, 1.807) is 0 Å². The van der Waals surface area contributed by atoms with Gasteiger partial charge in [0.2, 0.25) is 0 Å². The Balaban J connectivity index is 1.91. The van der Waals surface area contributed by atoms with Crippen LogP contribution >= 0.6 is 0 Å². The third-order valence-electron chi connectivity index (χ3n) is 3.75. The van der Waals surface area contributed by atoms with Crippen LogP contribution in [0, 0.1) is 0 Å². The Labute approximate surface area is 126 Å². The Morgan fingerprint density at radius 1 is 1.43 bits per heavy atom. The second-order valence-electron chi connectivity index (χ2n) is 6.92. The molecule has 0 aromatic carbocycles. The van der Waals surface area contributed by atoms with Crippen molar-refractivity contribution in [2.45, 2.75) is 77.0 Å². The van der Waals surface area contributed by atoms with E-state index in [2.05, 4.69) is 5.10 Å². The van der Waals surface area contributed by atoms with E-state index in [-0.39, 0.29) is 5.97 Å². The second kappa shape index (κ2) is 6.60. The molecule has 1 aromatic heterocycles. The van der Waals surface area contributed by atoms with Crippen molar-refractivity contribution in [3.05, 3.63) is 18.0 Å². The number of aromatic nitrogens is 2. The number of hydrogen-bond acceptors (Lipinski definition) is 4. The second-order valence-corrected chi connectivity index (χ2v) is 6.92. The first kappa shape index (κ1) is 16.0. The number of rotatable bonds is 4. The minimum Gasteiger partial charge on any atom is -0.459 e. The van der Waals surface area contributed by atoms with Crippen LogP contribution in [-0.2, 0) is 16.0 Å². The smallest absolute Gasteiger partial charge is 0.323 e. The van der Waals surface area contributed by atoms with Crippen molar-refractivity contribution in [2.24, 2.45) is 5.73 Å². The van der Waals surface area contributed by atoms with Gasteiger partial charge in [-0.05, 0) is 39.7 Å². The van der Waals surface area contributed by atoms with E-state index in [0.29, 0.717) is 12.5 Å². The number of hydrogen-bond donors (Lipinski definition) is 1. The highest BCUT2D eigenvalue weighted by Crippen LogP contribution is 2.27. The van der Waals surface area contributed by atoms with Crippen LogP contribution in [0.2, 0.25) is 0 Å². The molecule has 1 aromatic rings. The first-order chi connectivity index (χ1) is 9.85. The lowest BCUT2D eigenvalue weighted by molar-refractivity contribution is -0.156. The van der Waals surface area contributed by atoms with Gasteiger partial charge in [0.25, 0.3) is 0 Å². The maximum absolute atomic E-state index is 11.9. The van der Waals surface area contributed by atoms with E-state index in [4.69, 9.17) is 10.5 Å². The van der Waals surface area contributed by atoms with Crippen molar-refractivity contribution in [1.82, 2.24) is 9.78 Å². The molecule has 1 saturated carbocycles. The molecule has 0 bridgehead atoms. The monoisotopic (exact) mass is 293 g/mol. The fourth-order valence-electron chi connectivity index (χ4n) is 2.72. The molecule has 1 heterocycles. The van der Waals surface area contributed by atoms with Crippen molar-refractivity contribution < 1.29 is 9.53 Å². The summed E-state index contributed by atoms with van der Waals surface area (Å²) in [6.45, 7) is 5.53. The molecule has 0 amide bonds. The summed E-state index contributed by atoms with van der Waals surface area (Å²) >= 11 is 0. The van der Waals surface area contributed by atoms with E-state index < -0.39 is 11.6 Å². The zero-order chi connectivity index (χ0) is 15.5. The van der Waals surface area contributed by atoms with Crippen LogP contribution < -0.4 is 5.73 Å². The molecule has 1 fully saturated rings. The summed E-state index contributed by atoms with van der Waals surface area (Å²) in [6, 6.07) is 1.81. The molecule has 5 heteroatoms. The largest absolute Gasteiger partial charge is 0.459 e. The average Bonchev–Trinajstić information content (AvgIpc) is 2.86. The van der Waals surface area contributed by atoms with Crippen LogP contribution in [0.5, 0.6) is 0 Å². The van der Waals surface area contributed by atoms with E-state index >= 15 is 0 Å². The number of ether oxygens (including phenoxy) is 1. The van der Waals surface area contributed by atoms with Gasteiger partial charge in [-0.3, -0.25) is 9.48 Å². The van der Waals surface area contributed by atoms with Gasteiger partial charge in [-0.25, -0.2) is 0 Å². The summed E-state index contributed by atoms with van der Waals surface area (Å²) in [6.07, 6.45) is 8.70. The van der Waals surface area contributed by atoms with Gasteiger partial charge in [-0.1, -0.05) is 19.3 Å². The zero-order valence-electron chi connectivity index (χ0n) is 13.3. The minimum absolute atomic E-state index is 0.366. The molecule has 21 heavy (non-hydrogen) atoms. The average molecular weight is 293 g/mol. The first-order valence-corrected chi connectivity index (χ1v) is 7.87. The summed E-state index contributed by atoms with van der Waals surface area (Å²) in [5, 5.41) is 4.58. The molecular formula is C16H27N3O2. The lowest BCUT2D eigenvalue weighted by Gasteiger charge is -2.22. The summed E-state index contributed by atoms with van der Waals surface area (Å²) in [5.74, 6) is -0.366. The van der Waals surface area contributed by atoms with Gasteiger partial charge in [0.15, 0.2) is 0 Å².